The lowest BCUT2D eigenvalue weighted by atomic mass is 9.86. The Balaban J connectivity index is 1.59. The van der Waals surface area contributed by atoms with Crippen LogP contribution >= 0.6 is 0 Å². The van der Waals surface area contributed by atoms with Crippen molar-refractivity contribution in [3.05, 3.63) is 71.8 Å². The number of hydrogen-bond donors (Lipinski definition) is 0. The third-order valence-corrected chi connectivity index (χ3v) is 5.85. The Bertz CT molecular complexity index is 762. The average molecular weight is 364 g/mol. The third-order valence-electron chi connectivity index (χ3n) is 5.85. The second-order valence-corrected chi connectivity index (χ2v) is 7.57. The number of ether oxygens (including phenoxy) is 2. The standard InChI is InChI=1S/C23H24O4/c1-15(24)26-22-19-13-12-18(14-19)20(22)23(25)27-21(16-8-4-2-5-9-16)17-10-6-3-7-11-17/h2-11,18-22H,12-14H2,1H3. The van der Waals surface area contributed by atoms with E-state index in [4.69, 9.17) is 9.47 Å². The topological polar surface area (TPSA) is 52.6 Å². The van der Waals surface area contributed by atoms with E-state index in [1.807, 2.05) is 60.7 Å². The molecule has 4 nitrogen and oxygen atoms in total. The first-order chi connectivity index (χ1) is 13.1. The normalized spacial score (nSPS) is 26.1. The summed E-state index contributed by atoms with van der Waals surface area (Å²) in [5, 5.41) is 0. The highest BCUT2D eigenvalue weighted by molar-refractivity contribution is 5.76. The molecule has 0 radical (unpaired) electrons. The molecular formula is C23H24O4. The first kappa shape index (κ1) is 17.8. The summed E-state index contributed by atoms with van der Waals surface area (Å²) in [6.07, 6.45) is 2.16. The first-order valence-electron chi connectivity index (χ1n) is 9.61. The molecule has 0 spiro atoms. The van der Waals surface area contributed by atoms with Crippen LogP contribution in [0.2, 0.25) is 0 Å². The van der Waals surface area contributed by atoms with Gasteiger partial charge in [0, 0.05) is 6.92 Å². The molecular weight excluding hydrogens is 340 g/mol. The molecule has 4 heteroatoms. The van der Waals surface area contributed by atoms with E-state index in [-0.39, 0.29) is 35.8 Å². The molecule has 0 N–H and O–H groups in total. The quantitative estimate of drug-likeness (QED) is 0.743. The van der Waals surface area contributed by atoms with Gasteiger partial charge in [0.15, 0.2) is 6.10 Å². The number of rotatable bonds is 5. The minimum atomic E-state index is -0.461. The molecule has 4 rings (SSSR count). The van der Waals surface area contributed by atoms with Gasteiger partial charge in [-0.2, -0.15) is 0 Å². The highest BCUT2D eigenvalue weighted by Crippen LogP contribution is 2.50. The molecule has 0 amide bonds. The molecule has 140 valence electrons. The SMILES string of the molecule is CC(=O)OC1C2CCC(C2)C1C(=O)OC(c1ccccc1)c1ccccc1. The molecule has 0 aromatic heterocycles. The third kappa shape index (κ3) is 3.61. The molecule has 2 fully saturated rings. The zero-order valence-electron chi connectivity index (χ0n) is 15.4. The van der Waals surface area contributed by atoms with Crippen LogP contribution < -0.4 is 0 Å². The van der Waals surface area contributed by atoms with Crippen molar-refractivity contribution in [1.82, 2.24) is 0 Å². The van der Waals surface area contributed by atoms with Gasteiger partial charge in [-0.05, 0) is 42.2 Å². The Morgan fingerprint density at radius 3 is 2.00 bits per heavy atom. The Morgan fingerprint density at radius 2 is 1.44 bits per heavy atom. The van der Waals surface area contributed by atoms with E-state index in [2.05, 4.69) is 0 Å². The van der Waals surface area contributed by atoms with E-state index in [1.165, 1.54) is 6.92 Å². The van der Waals surface area contributed by atoms with Gasteiger partial charge in [-0.1, -0.05) is 60.7 Å². The molecule has 2 aliphatic rings. The van der Waals surface area contributed by atoms with Crippen LogP contribution in [0.4, 0.5) is 0 Å². The number of esters is 2. The van der Waals surface area contributed by atoms with Gasteiger partial charge in [0.1, 0.15) is 6.10 Å². The smallest absolute Gasteiger partial charge is 0.313 e. The molecule has 2 aromatic carbocycles. The van der Waals surface area contributed by atoms with Crippen molar-refractivity contribution in [2.45, 2.75) is 38.4 Å². The van der Waals surface area contributed by atoms with Gasteiger partial charge in [0.2, 0.25) is 0 Å². The molecule has 2 aromatic rings. The Labute approximate surface area is 159 Å². The number of carbonyl (C=O) groups excluding carboxylic acids is 2. The second-order valence-electron chi connectivity index (χ2n) is 7.57. The molecule has 4 atom stereocenters. The maximum absolute atomic E-state index is 13.2. The minimum absolute atomic E-state index is 0.249. The predicted octanol–water partition coefficient (Wildman–Crippen LogP) is 4.30. The summed E-state index contributed by atoms with van der Waals surface area (Å²) < 4.78 is 11.6. The summed E-state index contributed by atoms with van der Waals surface area (Å²) in [6.45, 7) is 1.41. The summed E-state index contributed by atoms with van der Waals surface area (Å²) in [5.74, 6) is -0.413. The van der Waals surface area contributed by atoms with Crippen LogP contribution in [-0.4, -0.2) is 18.0 Å². The molecule has 0 saturated heterocycles. The first-order valence-corrected chi connectivity index (χ1v) is 9.61. The van der Waals surface area contributed by atoms with Gasteiger partial charge in [0.25, 0.3) is 0 Å². The molecule has 2 aliphatic carbocycles. The van der Waals surface area contributed by atoms with Gasteiger partial charge in [-0.3, -0.25) is 9.59 Å². The van der Waals surface area contributed by atoms with Crippen molar-refractivity contribution in [3.8, 4) is 0 Å². The largest absolute Gasteiger partial charge is 0.461 e. The number of fused-ring (bicyclic) bond motifs is 2. The minimum Gasteiger partial charge on any atom is -0.461 e. The van der Waals surface area contributed by atoms with Crippen molar-refractivity contribution in [2.24, 2.45) is 17.8 Å². The summed E-state index contributed by atoms with van der Waals surface area (Å²) in [4.78, 5) is 24.7. The Morgan fingerprint density at radius 1 is 0.889 bits per heavy atom. The lowest BCUT2D eigenvalue weighted by Gasteiger charge is -2.30. The van der Waals surface area contributed by atoms with E-state index in [0.717, 1.165) is 30.4 Å². The fraction of sp³-hybridized carbons (Fsp3) is 0.391. The summed E-state index contributed by atoms with van der Waals surface area (Å²) in [6, 6.07) is 19.5. The van der Waals surface area contributed by atoms with E-state index in [0.29, 0.717) is 0 Å². The summed E-state index contributed by atoms with van der Waals surface area (Å²) in [7, 11) is 0. The Hall–Kier alpha value is -2.62. The molecule has 0 heterocycles. The van der Waals surface area contributed by atoms with E-state index >= 15 is 0 Å². The van der Waals surface area contributed by atoms with Crippen molar-refractivity contribution < 1.29 is 19.1 Å². The zero-order chi connectivity index (χ0) is 18.8. The lowest BCUT2D eigenvalue weighted by molar-refractivity contribution is -0.166. The van der Waals surface area contributed by atoms with E-state index in [9.17, 15) is 9.59 Å². The number of benzene rings is 2. The highest BCUT2D eigenvalue weighted by Gasteiger charge is 2.53. The average Bonchev–Trinajstić information content (AvgIpc) is 3.28. The fourth-order valence-electron chi connectivity index (χ4n) is 4.71. The van der Waals surface area contributed by atoms with Crippen molar-refractivity contribution in [3.63, 3.8) is 0 Å². The number of carbonyl (C=O) groups is 2. The van der Waals surface area contributed by atoms with Crippen LogP contribution in [0.5, 0.6) is 0 Å². The maximum atomic E-state index is 13.2. The van der Waals surface area contributed by atoms with Crippen LogP contribution in [0.1, 0.15) is 43.4 Å². The summed E-state index contributed by atoms with van der Waals surface area (Å²) >= 11 is 0. The van der Waals surface area contributed by atoms with Crippen LogP contribution in [0.15, 0.2) is 60.7 Å². The second kappa shape index (κ2) is 7.55. The van der Waals surface area contributed by atoms with E-state index in [1.54, 1.807) is 0 Å². The Kier molecular flexibility index (Phi) is 4.97. The maximum Gasteiger partial charge on any atom is 0.313 e. The molecule has 0 aliphatic heterocycles. The van der Waals surface area contributed by atoms with E-state index < -0.39 is 6.10 Å². The molecule has 4 unspecified atom stereocenters. The summed E-state index contributed by atoms with van der Waals surface area (Å²) in [5.41, 5.74) is 1.87. The molecule has 2 saturated carbocycles. The molecule has 27 heavy (non-hydrogen) atoms. The van der Waals surface area contributed by atoms with Crippen LogP contribution in [0.25, 0.3) is 0 Å². The van der Waals surface area contributed by atoms with Gasteiger partial charge < -0.3 is 9.47 Å². The lowest BCUT2D eigenvalue weighted by Crippen LogP contribution is -2.38. The number of hydrogen-bond acceptors (Lipinski definition) is 4. The highest BCUT2D eigenvalue weighted by atomic mass is 16.6. The zero-order valence-corrected chi connectivity index (χ0v) is 15.4. The van der Waals surface area contributed by atoms with Gasteiger partial charge >= 0.3 is 11.9 Å². The fourth-order valence-corrected chi connectivity index (χ4v) is 4.71. The van der Waals surface area contributed by atoms with Crippen LogP contribution in [-0.2, 0) is 19.1 Å². The van der Waals surface area contributed by atoms with Gasteiger partial charge in [0.05, 0.1) is 5.92 Å². The van der Waals surface area contributed by atoms with Crippen molar-refractivity contribution in [2.75, 3.05) is 0 Å². The van der Waals surface area contributed by atoms with Crippen molar-refractivity contribution >= 4 is 11.9 Å². The van der Waals surface area contributed by atoms with Crippen LogP contribution in [0, 0.1) is 17.8 Å². The molecule has 2 bridgehead atoms. The van der Waals surface area contributed by atoms with Crippen molar-refractivity contribution in [1.29, 1.82) is 0 Å². The predicted molar refractivity (Wildman–Crippen MR) is 101 cm³/mol. The van der Waals surface area contributed by atoms with Gasteiger partial charge in [-0.25, -0.2) is 0 Å². The van der Waals surface area contributed by atoms with Crippen LogP contribution in [0.3, 0.4) is 0 Å². The monoisotopic (exact) mass is 364 g/mol. The van der Waals surface area contributed by atoms with Gasteiger partial charge in [-0.15, -0.1) is 0 Å².